The number of benzene rings is 3. The van der Waals surface area contributed by atoms with Crippen LogP contribution in [0.2, 0.25) is 0 Å². The van der Waals surface area contributed by atoms with Gasteiger partial charge in [0.25, 0.3) is 0 Å². The molecule has 1 aromatic heterocycles. The van der Waals surface area contributed by atoms with Gasteiger partial charge in [0.2, 0.25) is 5.89 Å². The van der Waals surface area contributed by atoms with E-state index in [0.29, 0.717) is 11.5 Å². The Kier molecular flexibility index (Phi) is 4.96. The van der Waals surface area contributed by atoms with E-state index in [0.717, 1.165) is 33.5 Å². The first-order valence-electron chi connectivity index (χ1n) is 9.24. The molecule has 0 radical (unpaired) electrons. The molecule has 0 saturated carbocycles. The van der Waals surface area contributed by atoms with Crippen molar-refractivity contribution < 1.29 is 13.9 Å². The van der Waals surface area contributed by atoms with Crippen molar-refractivity contribution in [3.8, 4) is 11.5 Å². The van der Waals surface area contributed by atoms with E-state index < -0.39 is 0 Å². The molecule has 0 amide bonds. The summed E-state index contributed by atoms with van der Waals surface area (Å²) in [5.74, 6) is 0.247. The summed E-state index contributed by atoms with van der Waals surface area (Å²) in [5, 5.41) is 0. The quantitative estimate of drug-likeness (QED) is 0.337. The average molecular weight is 384 g/mol. The third kappa shape index (κ3) is 3.94. The zero-order valence-electron chi connectivity index (χ0n) is 16.5. The number of ether oxygens (including phenoxy) is 1. The highest BCUT2D eigenvalue weighted by atomic mass is 16.5. The molecular weight excluding hydrogens is 364 g/mol. The fourth-order valence-corrected chi connectivity index (χ4v) is 3.16. The van der Waals surface area contributed by atoms with E-state index in [1.165, 1.54) is 12.7 Å². The molecule has 144 valence electrons. The van der Waals surface area contributed by atoms with Gasteiger partial charge in [-0.3, -0.25) is 4.99 Å². The van der Waals surface area contributed by atoms with E-state index in [-0.39, 0.29) is 5.97 Å². The number of aryl methyl sites for hydroxylation is 2. The predicted molar refractivity (Wildman–Crippen MR) is 114 cm³/mol. The number of hydrogen-bond acceptors (Lipinski definition) is 5. The van der Waals surface area contributed by atoms with Crippen molar-refractivity contribution in [2.75, 3.05) is 7.11 Å². The van der Waals surface area contributed by atoms with Gasteiger partial charge in [0.15, 0.2) is 5.58 Å². The van der Waals surface area contributed by atoms with Crippen molar-refractivity contribution >= 4 is 29.0 Å². The lowest BCUT2D eigenvalue weighted by Gasteiger charge is -2.00. The Morgan fingerprint density at radius 2 is 1.76 bits per heavy atom. The minimum Gasteiger partial charge on any atom is -0.465 e. The fraction of sp³-hybridized carbons (Fsp3) is 0.125. The molecule has 29 heavy (non-hydrogen) atoms. The Morgan fingerprint density at radius 1 is 1.03 bits per heavy atom. The summed E-state index contributed by atoms with van der Waals surface area (Å²) in [6.07, 6.45) is 1.75. The third-order valence-electron chi connectivity index (χ3n) is 4.63. The molecule has 4 rings (SSSR count). The van der Waals surface area contributed by atoms with Crippen LogP contribution < -0.4 is 0 Å². The predicted octanol–water partition coefficient (Wildman–Crippen LogP) is 5.65. The van der Waals surface area contributed by atoms with Crippen molar-refractivity contribution in [3.63, 3.8) is 0 Å². The van der Waals surface area contributed by atoms with Crippen LogP contribution in [0.15, 0.2) is 70.1 Å². The number of carbonyl (C=O) groups excluding carboxylic acids is 1. The smallest absolute Gasteiger partial charge is 0.337 e. The van der Waals surface area contributed by atoms with Crippen molar-refractivity contribution in [2.24, 2.45) is 4.99 Å². The van der Waals surface area contributed by atoms with Crippen molar-refractivity contribution in [1.82, 2.24) is 4.98 Å². The van der Waals surface area contributed by atoms with E-state index in [2.05, 4.69) is 23.0 Å². The summed E-state index contributed by atoms with van der Waals surface area (Å²) in [5.41, 5.74) is 7.06. The molecule has 0 aliphatic rings. The van der Waals surface area contributed by atoms with Crippen molar-refractivity contribution in [2.45, 2.75) is 13.8 Å². The SMILES string of the molecule is COC(=O)c1ccc(C=Nc2ccc(-c3nc4cc(C)cc(C)c4o3)cc2)cc1. The topological polar surface area (TPSA) is 64.7 Å². The number of fused-ring (bicyclic) bond motifs is 1. The van der Waals surface area contributed by atoms with Crippen LogP contribution >= 0.6 is 0 Å². The van der Waals surface area contributed by atoms with Crippen LogP contribution in [0.3, 0.4) is 0 Å². The number of hydrogen-bond donors (Lipinski definition) is 0. The Hall–Kier alpha value is -3.73. The normalized spacial score (nSPS) is 11.3. The van der Waals surface area contributed by atoms with Crippen LogP contribution in [0.25, 0.3) is 22.6 Å². The molecule has 0 bridgehead atoms. The molecule has 0 aliphatic heterocycles. The number of oxazole rings is 1. The van der Waals surface area contributed by atoms with Gasteiger partial charge in [-0.15, -0.1) is 0 Å². The molecule has 0 unspecified atom stereocenters. The summed E-state index contributed by atoms with van der Waals surface area (Å²) in [6, 6.07) is 18.9. The van der Waals surface area contributed by atoms with Crippen LogP contribution in [-0.4, -0.2) is 24.3 Å². The second kappa shape index (κ2) is 7.72. The highest BCUT2D eigenvalue weighted by Crippen LogP contribution is 2.28. The average Bonchev–Trinajstić information content (AvgIpc) is 3.17. The standard InChI is InChI=1S/C24H20N2O3/c1-15-12-16(2)22-21(13-15)26-23(29-22)18-8-10-20(11-9-18)25-14-17-4-6-19(7-5-17)24(27)28-3/h4-14H,1-3H3. The lowest BCUT2D eigenvalue weighted by Crippen LogP contribution is -2.00. The van der Waals surface area contributed by atoms with Crippen LogP contribution in [0, 0.1) is 13.8 Å². The molecule has 5 nitrogen and oxygen atoms in total. The molecule has 0 aliphatic carbocycles. The molecule has 0 N–H and O–H groups in total. The molecule has 0 atom stereocenters. The minimum absolute atomic E-state index is 0.353. The number of methoxy groups -OCH3 is 1. The third-order valence-corrected chi connectivity index (χ3v) is 4.63. The summed E-state index contributed by atoms with van der Waals surface area (Å²) >= 11 is 0. The number of esters is 1. The fourth-order valence-electron chi connectivity index (χ4n) is 3.16. The zero-order chi connectivity index (χ0) is 20.4. The van der Waals surface area contributed by atoms with E-state index >= 15 is 0 Å². The van der Waals surface area contributed by atoms with Gasteiger partial charge in [-0.2, -0.15) is 0 Å². The largest absolute Gasteiger partial charge is 0.465 e. The zero-order valence-corrected chi connectivity index (χ0v) is 16.5. The molecule has 0 fully saturated rings. The minimum atomic E-state index is -0.353. The lowest BCUT2D eigenvalue weighted by atomic mass is 10.1. The van der Waals surface area contributed by atoms with Gasteiger partial charge in [-0.25, -0.2) is 9.78 Å². The molecule has 4 aromatic rings. The van der Waals surface area contributed by atoms with Gasteiger partial charge in [-0.1, -0.05) is 18.2 Å². The Balaban J connectivity index is 1.53. The number of aliphatic imine (C=N–C) groups is 1. The molecule has 0 spiro atoms. The highest BCUT2D eigenvalue weighted by Gasteiger charge is 2.10. The number of aromatic nitrogens is 1. The maximum absolute atomic E-state index is 11.5. The van der Waals surface area contributed by atoms with Crippen LogP contribution in [0.1, 0.15) is 27.0 Å². The number of nitrogens with zero attached hydrogens (tertiary/aromatic N) is 2. The maximum atomic E-state index is 11.5. The van der Waals surface area contributed by atoms with Crippen LogP contribution in [0.5, 0.6) is 0 Å². The maximum Gasteiger partial charge on any atom is 0.337 e. The van der Waals surface area contributed by atoms with Gasteiger partial charge in [0.05, 0.1) is 18.4 Å². The van der Waals surface area contributed by atoms with Crippen LogP contribution in [-0.2, 0) is 4.74 Å². The van der Waals surface area contributed by atoms with Gasteiger partial charge in [-0.05, 0) is 73.0 Å². The van der Waals surface area contributed by atoms with Crippen LogP contribution in [0.4, 0.5) is 5.69 Å². The summed E-state index contributed by atoms with van der Waals surface area (Å²) in [6.45, 7) is 4.08. The Morgan fingerprint density at radius 3 is 2.45 bits per heavy atom. The first kappa shape index (κ1) is 18.6. The van der Waals surface area contributed by atoms with E-state index in [9.17, 15) is 4.79 Å². The Bertz CT molecular complexity index is 1200. The lowest BCUT2D eigenvalue weighted by molar-refractivity contribution is 0.0600. The first-order valence-corrected chi connectivity index (χ1v) is 9.24. The number of rotatable bonds is 4. The molecule has 3 aromatic carbocycles. The molecular formula is C24H20N2O3. The molecule has 5 heteroatoms. The highest BCUT2D eigenvalue weighted by molar-refractivity contribution is 5.91. The monoisotopic (exact) mass is 384 g/mol. The second-order valence-electron chi connectivity index (χ2n) is 6.87. The van der Waals surface area contributed by atoms with Gasteiger partial charge < -0.3 is 9.15 Å². The van der Waals surface area contributed by atoms with Crippen molar-refractivity contribution in [3.05, 3.63) is 82.9 Å². The van der Waals surface area contributed by atoms with E-state index in [1.807, 2.05) is 49.4 Å². The van der Waals surface area contributed by atoms with Crippen molar-refractivity contribution in [1.29, 1.82) is 0 Å². The Labute approximate surface area is 168 Å². The van der Waals surface area contributed by atoms with Gasteiger partial charge >= 0.3 is 5.97 Å². The van der Waals surface area contributed by atoms with E-state index in [4.69, 9.17) is 9.15 Å². The van der Waals surface area contributed by atoms with Gasteiger partial charge in [0.1, 0.15) is 5.52 Å². The summed E-state index contributed by atoms with van der Waals surface area (Å²) in [7, 11) is 1.37. The number of carbonyl (C=O) groups is 1. The molecule has 1 heterocycles. The molecule has 0 saturated heterocycles. The summed E-state index contributed by atoms with van der Waals surface area (Å²) in [4.78, 5) is 20.6. The van der Waals surface area contributed by atoms with Gasteiger partial charge in [0, 0.05) is 11.8 Å². The summed E-state index contributed by atoms with van der Waals surface area (Å²) < 4.78 is 10.7. The second-order valence-corrected chi connectivity index (χ2v) is 6.87. The van der Waals surface area contributed by atoms with E-state index in [1.54, 1.807) is 18.3 Å². The first-order chi connectivity index (χ1) is 14.0.